The summed E-state index contributed by atoms with van der Waals surface area (Å²) in [6.45, 7) is 4.63. The van der Waals surface area contributed by atoms with Crippen molar-refractivity contribution in [2.75, 3.05) is 6.54 Å². The zero-order chi connectivity index (χ0) is 13.8. The van der Waals surface area contributed by atoms with Gasteiger partial charge in [0.25, 0.3) is 5.91 Å². The summed E-state index contributed by atoms with van der Waals surface area (Å²) >= 11 is 6.18. The van der Waals surface area contributed by atoms with Crippen molar-refractivity contribution in [2.24, 2.45) is 0 Å². The zero-order valence-corrected chi connectivity index (χ0v) is 12.4. The maximum Gasteiger partial charge on any atom is 0.257 e. The van der Waals surface area contributed by atoms with Gasteiger partial charge >= 0.3 is 0 Å². The molecule has 0 bridgehead atoms. The molecule has 1 fully saturated rings. The minimum Gasteiger partial charge on any atom is -0.336 e. The monoisotopic (exact) mass is 280 g/mol. The van der Waals surface area contributed by atoms with Gasteiger partial charge in [0.15, 0.2) is 0 Å². The van der Waals surface area contributed by atoms with Crippen LogP contribution in [0.4, 0.5) is 0 Å². The SMILES string of the molecule is CCN(C(=O)c1cnc(C)cc1Cl)C1CCCCC1. The molecule has 1 aromatic rings. The molecule has 0 aliphatic heterocycles. The minimum atomic E-state index is 0.0203. The number of halogens is 1. The first-order chi connectivity index (χ1) is 9.13. The number of aromatic nitrogens is 1. The van der Waals surface area contributed by atoms with Crippen LogP contribution in [-0.4, -0.2) is 28.4 Å². The molecule has 2 rings (SSSR count). The molecule has 0 spiro atoms. The fraction of sp³-hybridized carbons (Fsp3) is 0.600. The first-order valence-corrected chi connectivity index (χ1v) is 7.44. The normalized spacial score (nSPS) is 16.4. The van der Waals surface area contributed by atoms with Gasteiger partial charge in [0, 0.05) is 24.5 Å². The molecule has 1 amide bonds. The molecule has 1 saturated carbocycles. The van der Waals surface area contributed by atoms with Crippen molar-refractivity contribution >= 4 is 17.5 Å². The Morgan fingerprint density at radius 1 is 1.42 bits per heavy atom. The Bertz CT molecular complexity index is 455. The third-order valence-corrected chi connectivity index (χ3v) is 4.15. The van der Waals surface area contributed by atoms with Crippen LogP contribution in [0.1, 0.15) is 55.1 Å². The lowest BCUT2D eigenvalue weighted by Crippen LogP contribution is -2.41. The van der Waals surface area contributed by atoms with Gasteiger partial charge in [-0.3, -0.25) is 9.78 Å². The quantitative estimate of drug-likeness (QED) is 0.843. The number of aryl methyl sites for hydroxylation is 1. The fourth-order valence-electron chi connectivity index (χ4n) is 2.80. The van der Waals surface area contributed by atoms with Crippen LogP contribution in [-0.2, 0) is 0 Å². The van der Waals surface area contributed by atoms with Gasteiger partial charge in [-0.25, -0.2) is 0 Å². The predicted octanol–water partition coefficient (Wildman–Crippen LogP) is 3.84. The molecule has 3 nitrogen and oxygen atoms in total. The van der Waals surface area contributed by atoms with E-state index in [4.69, 9.17) is 11.6 Å². The summed E-state index contributed by atoms with van der Waals surface area (Å²) in [5.41, 5.74) is 1.36. The van der Waals surface area contributed by atoms with E-state index in [0.717, 1.165) is 25.1 Å². The summed E-state index contributed by atoms with van der Waals surface area (Å²) in [6, 6.07) is 2.12. The second kappa shape index (κ2) is 6.38. The van der Waals surface area contributed by atoms with Crippen LogP contribution in [0.5, 0.6) is 0 Å². The Morgan fingerprint density at radius 2 is 2.11 bits per heavy atom. The molecule has 19 heavy (non-hydrogen) atoms. The smallest absolute Gasteiger partial charge is 0.257 e. The molecule has 1 aliphatic rings. The van der Waals surface area contributed by atoms with E-state index in [9.17, 15) is 4.79 Å². The number of amides is 1. The number of pyridine rings is 1. The molecule has 4 heteroatoms. The average molecular weight is 281 g/mol. The number of carbonyl (C=O) groups is 1. The van der Waals surface area contributed by atoms with Crippen LogP contribution in [0.3, 0.4) is 0 Å². The standard InChI is InChI=1S/C15H21ClN2O/c1-3-18(12-7-5-4-6-8-12)15(19)13-10-17-11(2)9-14(13)16/h9-10,12H,3-8H2,1-2H3. The van der Waals surface area contributed by atoms with Crippen molar-refractivity contribution < 1.29 is 4.79 Å². The van der Waals surface area contributed by atoms with Gasteiger partial charge in [-0.05, 0) is 32.8 Å². The van der Waals surface area contributed by atoms with Crippen LogP contribution in [0, 0.1) is 6.92 Å². The van der Waals surface area contributed by atoms with Crippen LogP contribution in [0.2, 0.25) is 5.02 Å². The van der Waals surface area contributed by atoms with Crippen molar-refractivity contribution in [3.8, 4) is 0 Å². The highest BCUT2D eigenvalue weighted by atomic mass is 35.5. The molecular weight excluding hydrogens is 260 g/mol. The average Bonchev–Trinajstić information content (AvgIpc) is 2.40. The molecule has 0 aromatic carbocycles. The summed E-state index contributed by atoms with van der Waals surface area (Å²) in [5, 5.41) is 0.506. The lowest BCUT2D eigenvalue weighted by atomic mass is 9.94. The van der Waals surface area contributed by atoms with E-state index in [1.807, 2.05) is 18.7 Å². The van der Waals surface area contributed by atoms with Gasteiger partial charge in [-0.15, -0.1) is 0 Å². The van der Waals surface area contributed by atoms with Gasteiger partial charge < -0.3 is 4.90 Å². The molecular formula is C15H21ClN2O. The second-order valence-electron chi connectivity index (χ2n) is 5.19. The molecule has 0 N–H and O–H groups in total. The summed E-state index contributed by atoms with van der Waals surface area (Å²) in [4.78, 5) is 18.8. The van der Waals surface area contributed by atoms with Crippen molar-refractivity contribution in [3.63, 3.8) is 0 Å². The molecule has 104 valence electrons. The highest BCUT2D eigenvalue weighted by Gasteiger charge is 2.26. The van der Waals surface area contributed by atoms with Crippen LogP contribution in [0.15, 0.2) is 12.3 Å². The van der Waals surface area contributed by atoms with Crippen LogP contribution < -0.4 is 0 Å². The van der Waals surface area contributed by atoms with Gasteiger partial charge in [-0.1, -0.05) is 30.9 Å². The maximum atomic E-state index is 12.6. The van der Waals surface area contributed by atoms with Crippen molar-refractivity contribution in [1.29, 1.82) is 0 Å². The number of hydrogen-bond acceptors (Lipinski definition) is 2. The topological polar surface area (TPSA) is 33.2 Å². The molecule has 0 radical (unpaired) electrons. The number of hydrogen-bond donors (Lipinski definition) is 0. The lowest BCUT2D eigenvalue weighted by molar-refractivity contribution is 0.0647. The number of rotatable bonds is 3. The Balaban J connectivity index is 2.19. The summed E-state index contributed by atoms with van der Waals surface area (Å²) in [5.74, 6) is 0.0203. The predicted molar refractivity (Wildman–Crippen MR) is 77.6 cm³/mol. The lowest BCUT2D eigenvalue weighted by Gasteiger charge is -2.33. The first-order valence-electron chi connectivity index (χ1n) is 7.06. The van der Waals surface area contributed by atoms with Crippen molar-refractivity contribution in [2.45, 2.75) is 52.0 Å². The number of nitrogens with zero attached hydrogens (tertiary/aromatic N) is 2. The minimum absolute atomic E-state index is 0.0203. The van der Waals surface area contributed by atoms with Crippen molar-refractivity contribution in [1.82, 2.24) is 9.88 Å². The zero-order valence-electron chi connectivity index (χ0n) is 11.7. The molecule has 0 atom stereocenters. The number of carbonyl (C=O) groups excluding carboxylic acids is 1. The Kier molecular flexibility index (Phi) is 4.81. The van der Waals surface area contributed by atoms with Gasteiger partial charge in [0.2, 0.25) is 0 Å². The summed E-state index contributed by atoms with van der Waals surface area (Å²) in [6.07, 6.45) is 7.54. The Hall–Kier alpha value is -1.09. The third kappa shape index (κ3) is 3.27. The molecule has 1 aliphatic carbocycles. The van der Waals surface area contributed by atoms with E-state index >= 15 is 0 Å². The summed E-state index contributed by atoms with van der Waals surface area (Å²) in [7, 11) is 0. The van der Waals surface area contributed by atoms with Gasteiger partial charge in [0.05, 0.1) is 10.6 Å². The highest BCUT2D eigenvalue weighted by Crippen LogP contribution is 2.25. The highest BCUT2D eigenvalue weighted by molar-refractivity contribution is 6.33. The van der Waals surface area contributed by atoms with E-state index in [0.29, 0.717) is 16.6 Å². The fourth-order valence-corrected chi connectivity index (χ4v) is 3.09. The van der Waals surface area contributed by atoms with E-state index in [2.05, 4.69) is 4.98 Å². The molecule has 0 saturated heterocycles. The largest absolute Gasteiger partial charge is 0.336 e. The summed E-state index contributed by atoms with van der Waals surface area (Å²) < 4.78 is 0. The maximum absolute atomic E-state index is 12.6. The van der Waals surface area contributed by atoms with Crippen LogP contribution in [0.25, 0.3) is 0 Å². The van der Waals surface area contributed by atoms with E-state index in [1.165, 1.54) is 19.3 Å². The van der Waals surface area contributed by atoms with E-state index in [-0.39, 0.29) is 5.91 Å². The third-order valence-electron chi connectivity index (χ3n) is 3.84. The molecule has 1 aromatic heterocycles. The van der Waals surface area contributed by atoms with Crippen LogP contribution >= 0.6 is 11.6 Å². The Labute approximate surface area is 120 Å². The molecule has 1 heterocycles. The van der Waals surface area contributed by atoms with E-state index < -0.39 is 0 Å². The van der Waals surface area contributed by atoms with Gasteiger partial charge in [-0.2, -0.15) is 0 Å². The van der Waals surface area contributed by atoms with Gasteiger partial charge in [0.1, 0.15) is 0 Å². The second-order valence-corrected chi connectivity index (χ2v) is 5.60. The Morgan fingerprint density at radius 3 is 2.68 bits per heavy atom. The van der Waals surface area contributed by atoms with Crippen molar-refractivity contribution in [3.05, 3.63) is 28.5 Å². The first kappa shape index (κ1) is 14.3. The van der Waals surface area contributed by atoms with E-state index in [1.54, 1.807) is 12.3 Å². The molecule has 0 unspecified atom stereocenters.